The number of hydrogen-bond acceptors (Lipinski definition) is 2. The molecule has 0 fully saturated rings. The fraction of sp³-hybridized carbons (Fsp3) is 0.917. The summed E-state index contributed by atoms with van der Waals surface area (Å²) in [5, 5.41) is 10.5. The van der Waals surface area contributed by atoms with E-state index < -0.39 is 5.60 Å². The fourth-order valence-electron chi connectivity index (χ4n) is 1.77. The smallest absolute Gasteiger partial charge is 0.104 e. The topological polar surface area (TPSA) is 32.6 Å². The third-order valence-corrected chi connectivity index (χ3v) is 2.66. The van der Waals surface area contributed by atoms with E-state index in [1.54, 1.807) is 0 Å². The Balaban J connectivity index is 0. The van der Waals surface area contributed by atoms with Crippen LogP contribution < -0.4 is 0 Å². The van der Waals surface area contributed by atoms with E-state index in [1.165, 1.54) is 0 Å². The minimum atomic E-state index is -0.709. The zero-order valence-corrected chi connectivity index (χ0v) is 13.9. The average Bonchev–Trinajstić information content (AvgIpc) is 2.02. The van der Waals surface area contributed by atoms with Crippen LogP contribution in [-0.4, -0.2) is 22.5 Å². The molecule has 15 heavy (non-hydrogen) atoms. The van der Waals surface area contributed by atoms with E-state index in [9.17, 15) is 5.11 Å². The van der Waals surface area contributed by atoms with Crippen molar-refractivity contribution in [3.8, 4) is 0 Å². The predicted octanol–water partition coefficient (Wildman–Crippen LogP) is 3.04. The molecule has 3 heteroatoms. The first-order valence-electron chi connectivity index (χ1n) is 5.61. The number of aliphatic imine (C=N–C) groups is 1. The Morgan fingerprint density at radius 1 is 1.27 bits per heavy atom. The Morgan fingerprint density at radius 3 is 2.00 bits per heavy atom. The molecule has 0 aliphatic carbocycles. The zero-order valence-electron chi connectivity index (χ0n) is 11.0. The minimum Gasteiger partial charge on any atom is -0.384 e. The van der Waals surface area contributed by atoms with Crippen LogP contribution in [0.1, 0.15) is 54.4 Å². The fourth-order valence-corrected chi connectivity index (χ4v) is 1.77. The van der Waals surface area contributed by atoms with E-state index in [0.717, 1.165) is 18.6 Å². The second kappa shape index (κ2) is 7.92. The van der Waals surface area contributed by atoms with Crippen molar-refractivity contribution in [1.29, 1.82) is 0 Å². The van der Waals surface area contributed by atoms with Crippen LogP contribution in [0.4, 0.5) is 0 Å². The van der Waals surface area contributed by atoms with E-state index in [1.807, 2.05) is 20.8 Å². The summed E-state index contributed by atoms with van der Waals surface area (Å²) in [6, 6.07) is 0.261. The van der Waals surface area contributed by atoms with Crippen molar-refractivity contribution in [2.75, 3.05) is 0 Å². The Labute approximate surface area is 120 Å². The second-order valence-electron chi connectivity index (χ2n) is 4.64. The van der Waals surface area contributed by atoms with Gasteiger partial charge in [-0.1, -0.05) is 27.2 Å². The van der Waals surface area contributed by atoms with E-state index in [4.69, 9.17) is 0 Å². The third-order valence-electron chi connectivity index (χ3n) is 2.66. The first-order chi connectivity index (χ1) is 6.34. The summed E-state index contributed by atoms with van der Waals surface area (Å²) < 4.78 is 0. The second-order valence-corrected chi connectivity index (χ2v) is 4.64. The van der Waals surface area contributed by atoms with E-state index in [0.29, 0.717) is 0 Å². The van der Waals surface area contributed by atoms with Gasteiger partial charge in [0.1, 0.15) is 5.60 Å². The van der Waals surface area contributed by atoms with Gasteiger partial charge in [0, 0.05) is 44.5 Å². The molecule has 0 spiro atoms. The van der Waals surface area contributed by atoms with Crippen molar-refractivity contribution in [2.24, 2.45) is 10.9 Å². The minimum absolute atomic E-state index is 0. The van der Waals surface area contributed by atoms with Crippen LogP contribution in [0.5, 0.6) is 0 Å². The molecule has 87 valence electrons. The maximum absolute atomic E-state index is 10.5. The van der Waals surface area contributed by atoms with Crippen LogP contribution in [0.2, 0.25) is 0 Å². The molecule has 0 aliphatic rings. The van der Waals surface area contributed by atoms with Gasteiger partial charge in [-0.3, -0.25) is 4.99 Å². The van der Waals surface area contributed by atoms with Gasteiger partial charge in [0.2, 0.25) is 0 Å². The molecular formula is C12H25NOY. The summed E-state index contributed by atoms with van der Waals surface area (Å²) in [6.07, 6.45) is 1.78. The van der Waals surface area contributed by atoms with Crippen molar-refractivity contribution >= 4 is 5.71 Å². The van der Waals surface area contributed by atoms with Gasteiger partial charge in [-0.2, -0.15) is 0 Å². The Morgan fingerprint density at radius 2 is 1.73 bits per heavy atom. The molecule has 0 aliphatic heterocycles. The third kappa shape index (κ3) is 5.56. The van der Waals surface area contributed by atoms with Gasteiger partial charge in [-0.15, -0.1) is 0 Å². The Hall–Kier alpha value is 0.734. The van der Waals surface area contributed by atoms with E-state index in [-0.39, 0.29) is 44.7 Å². The van der Waals surface area contributed by atoms with Gasteiger partial charge in [-0.05, 0) is 33.1 Å². The molecular weight excluding hydrogens is 263 g/mol. The summed E-state index contributed by atoms with van der Waals surface area (Å²) in [7, 11) is 0. The maximum atomic E-state index is 10.5. The molecule has 0 rings (SSSR count). The molecule has 0 amide bonds. The quantitative estimate of drug-likeness (QED) is 0.775. The van der Waals surface area contributed by atoms with Crippen molar-refractivity contribution in [2.45, 2.75) is 66.0 Å². The standard InChI is InChI=1S/C12H25NO.Y/c1-7-8-12(14,9(2)3)11(6)13-10(4)5;/h9-10,14H,7-8H2,1-6H3;. The normalized spacial score (nSPS) is 16.5. The monoisotopic (exact) mass is 288 g/mol. The van der Waals surface area contributed by atoms with E-state index >= 15 is 0 Å². The van der Waals surface area contributed by atoms with Gasteiger partial charge < -0.3 is 5.11 Å². The molecule has 0 heterocycles. The molecule has 0 aromatic carbocycles. The molecule has 0 saturated heterocycles. The van der Waals surface area contributed by atoms with Gasteiger partial charge >= 0.3 is 0 Å². The average molecular weight is 288 g/mol. The van der Waals surface area contributed by atoms with Crippen LogP contribution in [-0.2, 0) is 32.7 Å². The number of aliphatic hydroxyl groups is 1. The molecule has 0 aromatic heterocycles. The number of rotatable bonds is 5. The first kappa shape index (κ1) is 18.1. The predicted molar refractivity (Wildman–Crippen MR) is 62.9 cm³/mol. The van der Waals surface area contributed by atoms with Crippen molar-refractivity contribution in [1.82, 2.24) is 0 Å². The van der Waals surface area contributed by atoms with E-state index in [2.05, 4.69) is 25.8 Å². The largest absolute Gasteiger partial charge is 0.384 e. The summed E-state index contributed by atoms with van der Waals surface area (Å²) in [6.45, 7) is 12.2. The molecule has 0 bridgehead atoms. The Bertz CT molecular complexity index is 202. The Kier molecular flexibility index (Phi) is 9.56. The summed E-state index contributed by atoms with van der Waals surface area (Å²) in [5.74, 6) is 0.227. The summed E-state index contributed by atoms with van der Waals surface area (Å²) >= 11 is 0. The van der Waals surface area contributed by atoms with Gasteiger partial charge in [0.25, 0.3) is 0 Å². The van der Waals surface area contributed by atoms with Crippen LogP contribution in [0.15, 0.2) is 4.99 Å². The van der Waals surface area contributed by atoms with Crippen molar-refractivity contribution < 1.29 is 37.8 Å². The van der Waals surface area contributed by atoms with Crippen LogP contribution >= 0.6 is 0 Å². The molecule has 0 saturated carbocycles. The molecule has 2 nitrogen and oxygen atoms in total. The summed E-state index contributed by atoms with van der Waals surface area (Å²) in [5.41, 5.74) is 0.170. The van der Waals surface area contributed by atoms with Gasteiger partial charge in [-0.25, -0.2) is 0 Å². The zero-order chi connectivity index (χ0) is 11.4. The molecule has 1 unspecified atom stereocenters. The molecule has 1 atom stereocenters. The van der Waals surface area contributed by atoms with Gasteiger partial charge in [0.15, 0.2) is 0 Å². The molecule has 1 radical (unpaired) electrons. The van der Waals surface area contributed by atoms with Crippen LogP contribution in [0.25, 0.3) is 0 Å². The maximum Gasteiger partial charge on any atom is 0.104 e. The first-order valence-corrected chi connectivity index (χ1v) is 5.61. The van der Waals surface area contributed by atoms with Gasteiger partial charge in [0.05, 0.1) is 0 Å². The van der Waals surface area contributed by atoms with Crippen LogP contribution in [0, 0.1) is 5.92 Å². The van der Waals surface area contributed by atoms with Crippen molar-refractivity contribution in [3.63, 3.8) is 0 Å². The number of nitrogens with zero attached hydrogens (tertiary/aromatic N) is 1. The molecule has 1 N–H and O–H groups in total. The number of hydrogen-bond donors (Lipinski definition) is 1. The SMILES string of the molecule is CCCC(O)(C(C)=NC(C)C)C(C)C.[Y]. The van der Waals surface area contributed by atoms with Crippen LogP contribution in [0.3, 0.4) is 0 Å². The summed E-state index contributed by atoms with van der Waals surface area (Å²) in [4.78, 5) is 4.46. The molecule has 0 aromatic rings. The van der Waals surface area contributed by atoms with Crippen molar-refractivity contribution in [3.05, 3.63) is 0 Å².